The number of nitrogens with zero attached hydrogens (tertiary/aromatic N) is 1. The van der Waals surface area contributed by atoms with Crippen LogP contribution in [0.25, 0.3) is 0 Å². The third kappa shape index (κ3) is 3.49. The summed E-state index contributed by atoms with van der Waals surface area (Å²) in [7, 11) is 0. The quantitative estimate of drug-likeness (QED) is 0.827. The Morgan fingerprint density at radius 1 is 1.44 bits per heavy atom. The first-order valence-electron chi connectivity index (χ1n) is 6.01. The predicted octanol–water partition coefficient (Wildman–Crippen LogP) is 2.43. The Labute approximate surface area is 97.2 Å². The van der Waals surface area contributed by atoms with Gasteiger partial charge in [0.1, 0.15) is 0 Å². The molecular weight excluding hydrogens is 200 g/mol. The van der Waals surface area contributed by atoms with Gasteiger partial charge in [-0.1, -0.05) is 0 Å². The van der Waals surface area contributed by atoms with Crippen molar-refractivity contribution in [3.63, 3.8) is 0 Å². The van der Waals surface area contributed by atoms with Crippen LogP contribution in [-0.2, 0) is 6.54 Å². The SMILES string of the molecule is Cc1cc(CNC2CC2)cc(OC(C)C)n1. The Morgan fingerprint density at radius 2 is 2.19 bits per heavy atom. The average molecular weight is 220 g/mol. The first-order valence-corrected chi connectivity index (χ1v) is 6.01. The molecule has 1 aliphatic rings. The van der Waals surface area contributed by atoms with E-state index in [1.165, 1.54) is 18.4 Å². The van der Waals surface area contributed by atoms with Gasteiger partial charge >= 0.3 is 0 Å². The van der Waals surface area contributed by atoms with E-state index in [9.17, 15) is 0 Å². The number of ether oxygens (including phenoxy) is 1. The van der Waals surface area contributed by atoms with Gasteiger partial charge in [0.2, 0.25) is 5.88 Å². The molecule has 1 heterocycles. The van der Waals surface area contributed by atoms with E-state index in [-0.39, 0.29) is 6.10 Å². The van der Waals surface area contributed by atoms with E-state index in [0.717, 1.165) is 24.2 Å². The molecule has 1 saturated carbocycles. The van der Waals surface area contributed by atoms with Crippen LogP contribution in [0.4, 0.5) is 0 Å². The maximum absolute atomic E-state index is 5.62. The highest BCUT2D eigenvalue weighted by molar-refractivity contribution is 5.24. The molecule has 2 rings (SSSR count). The number of aryl methyl sites for hydroxylation is 1. The van der Waals surface area contributed by atoms with Crippen molar-refractivity contribution < 1.29 is 4.74 Å². The fourth-order valence-corrected chi connectivity index (χ4v) is 1.66. The summed E-state index contributed by atoms with van der Waals surface area (Å²) < 4.78 is 5.62. The maximum atomic E-state index is 5.62. The number of nitrogens with one attached hydrogen (secondary N) is 1. The third-order valence-corrected chi connectivity index (χ3v) is 2.52. The Bertz CT molecular complexity index is 359. The minimum absolute atomic E-state index is 0.179. The zero-order valence-corrected chi connectivity index (χ0v) is 10.3. The molecule has 1 fully saturated rings. The minimum atomic E-state index is 0.179. The third-order valence-electron chi connectivity index (χ3n) is 2.52. The van der Waals surface area contributed by atoms with Gasteiger partial charge in [0.05, 0.1) is 6.10 Å². The lowest BCUT2D eigenvalue weighted by Crippen LogP contribution is -2.16. The highest BCUT2D eigenvalue weighted by atomic mass is 16.5. The molecule has 0 atom stereocenters. The highest BCUT2D eigenvalue weighted by Gasteiger charge is 2.20. The van der Waals surface area contributed by atoms with E-state index in [4.69, 9.17) is 4.74 Å². The standard InChI is InChI=1S/C13H20N2O/c1-9(2)16-13-7-11(6-10(3)15-13)8-14-12-4-5-12/h6-7,9,12,14H,4-5,8H2,1-3H3. The molecule has 1 aromatic rings. The molecule has 0 amide bonds. The van der Waals surface area contributed by atoms with Gasteiger partial charge in [-0.2, -0.15) is 0 Å². The van der Waals surface area contributed by atoms with Gasteiger partial charge in [-0.05, 0) is 45.2 Å². The normalized spacial score (nSPS) is 15.5. The van der Waals surface area contributed by atoms with Crippen LogP contribution >= 0.6 is 0 Å². The molecule has 0 saturated heterocycles. The van der Waals surface area contributed by atoms with E-state index in [1.807, 2.05) is 26.8 Å². The molecule has 1 N–H and O–H groups in total. The molecule has 88 valence electrons. The van der Waals surface area contributed by atoms with Crippen molar-refractivity contribution in [1.29, 1.82) is 0 Å². The molecular formula is C13H20N2O. The molecule has 0 spiro atoms. The van der Waals surface area contributed by atoms with Crippen molar-refractivity contribution in [3.8, 4) is 5.88 Å². The van der Waals surface area contributed by atoms with Crippen LogP contribution < -0.4 is 10.1 Å². The van der Waals surface area contributed by atoms with Crippen LogP contribution in [0.15, 0.2) is 12.1 Å². The van der Waals surface area contributed by atoms with Crippen molar-refractivity contribution in [2.24, 2.45) is 0 Å². The molecule has 0 unspecified atom stereocenters. The fourth-order valence-electron chi connectivity index (χ4n) is 1.66. The monoisotopic (exact) mass is 220 g/mol. The van der Waals surface area contributed by atoms with Crippen LogP contribution in [-0.4, -0.2) is 17.1 Å². The van der Waals surface area contributed by atoms with Gasteiger partial charge in [-0.15, -0.1) is 0 Å². The van der Waals surface area contributed by atoms with Crippen molar-refractivity contribution in [3.05, 3.63) is 23.4 Å². The van der Waals surface area contributed by atoms with Crippen LogP contribution in [0.2, 0.25) is 0 Å². The van der Waals surface area contributed by atoms with Crippen LogP contribution in [0.3, 0.4) is 0 Å². The van der Waals surface area contributed by atoms with Gasteiger partial charge in [0, 0.05) is 24.3 Å². The topological polar surface area (TPSA) is 34.1 Å². The molecule has 0 aromatic carbocycles. The summed E-state index contributed by atoms with van der Waals surface area (Å²) in [5.41, 5.74) is 2.28. The maximum Gasteiger partial charge on any atom is 0.213 e. The minimum Gasteiger partial charge on any atom is -0.475 e. The molecule has 3 nitrogen and oxygen atoms in total. The Balaban J connectivity index is 2.01. The molecule has 1 aliphatic carbocycles. The lowest BCUT2D eigenvalue weighted by Gasteiger charge is -2.11. The Morgan fingerprint density at radius 3 is 2.81 bits per heavy atom. The van der Waals surface area contributed by atoms with Gasteiger partial charge in [0.15, 0.2) is 0 Å². The molecule has 0 bridgehead atoms. The second-order valence-electron chi connectivity index (χ2n) is 4.78. The van der Waals surface area contributed by atoms with E-state index < -0.39 is 0 Å². The smallest absolute Gasteiger partial charge is 0.213 e. The first-order chi connectivity index (χ1) is 7.63. The van der Waals surface area contributed by atoms with Crippen molar-refractivity contribution in [1.82, 2.24) is 10.3 Å². The largest absolute Gasteiger partial charge is 0.475 e. The van der Waals surface area contributed by atoms with Crippen LogP contribution in [0.1, 0.15) is 37.9 Å². The zero-order valence-electron chi connectivity index (χ0n) is 10.3. The summed E-state index contributed by atoms with van der Waals surface area (Å²) in [5, 5.41) is 3.50. The van der Waals surface area contributed by atoms with Crippen molar-refractivity contribution in [2.75, 3.05) is 0 Å². The van der Waals surface area contributed by atoms with Crippen LogP contribution in [0, 0.1) is 6.92 Å². The van der Waals surface area contributed by atoms with Gasteiger partial charge in [-0.3, -0.25) is 0 Å². The first kappa shape index (κ1) is 11.4. The van der Waals surface area contributed by atoms with Gasteiger partial charge in [-0.25, -0.2) is 4.98 Å². The second kappa shape index (κ2) is 4.83. The Kier molecular flexibility index (Phi) is 3.44. The van der Waals surface area contributed by atoms with E-state index in [0.29, 0.717) is 0 Å². The van der Waals surface area contributed by atoms with Gasteiger partial charge in [0.25, 0.3) is 0 Å². The molecule has 0 aliphatic heterocycles. The van der Waals surface area contributed by atoms with Crippen molar-refractivity contribution >= 4 is 0 Å². The second-order valence-corrected chi connectivity index (χ2v) is 4.78. The number of aromatic nitrogens is 1. The number of hydrogen-bond acceptors (Lipinski definition) is 3. The fraction of sp³-hybridized carbons (Fsp3) is 0.615. The molecule has 16 heavy (non-hydrogen) atoms. The van der Waals surface area contributed by atoms with Crippen molar-refractivity contribution in [2.45, 2.75) is 52.3 Å². The summed E-state index contributed by atoms with van der Waals surface area (Å²) >= 11 is 0. The van der Waals surface area contributed by atoms with Gasteiger partial charge < -0.3 is 10.1 Å². The summed E-state index contributed by atoms with van der Waals surface area (Å²) in [6, 6.07) is 4.88. The lowest BCUT2D eigenvalue weighted by molar-refractivity contribution is 0.232. The number of pyridine rings is 1. The molecule has 1 aromatic heterocycles. The highest BCUT2D eigenvalue weighted by Crippen LogP contribution is 2.20. The zero-order chi connectivity index (χ0) is 11.5. The number of rotatable bonds is 5. The summed E-state index contributed by atoms with van der Waals surface area (Å²) in [5.74, 6) is 0.739. The number of hydrogen-bond donors (Lipinski definition) is 1. The summed E-state index contributed by atoms with van der Waals surface area (Å²) in [4.78, 5) is 4.37. The van der Waals surface area contributed by atoms with E-state index >= 15 is 0 Å². The summed E-state index contributed by atoms with van der Waals surface area (Å²) in [6.07, 6.45) is 2.82. The molecule has 3 heteroatoms. The predicted molar refractivity (Wildman–Crippen MR) is 64.6 cm³/mol. The van der Waals surface area contributed by atoms with E-state index in [2.05, 4.69) is 16.4 Å². The lowest BCUT2D eigenvalue weighted by atomic mass is 10.2. The average Bonchev–Trinajstić information content (AvgIpc) is 2.95. The van der Waals surface area contributed by atoms with E-state index in [1.54, 1.807) is 0 Å². The molecule has 0 radical (unpaired) electrons. The summed E-state index contributed by atoms with van der Waals surface area (Å²) in [6.45, 7) is 6.97. The van der Waals surface area contributed by atoms with Crippen LogP contribution in [0.5, 0.6) is 5.88 Å². The Hall–Kier alpha value is -1.09.